The van der Waals surface area contributed by atoms with Crippen LogP contribution in [0.3, 0.4) is 0 Å². The van der Waals surface area contributed by atoms with Gasteiger partial charge in [-0.3, -0.25) is 0 Å². The number of benzene rings is 2. The average Bonchev–Trinajstić information content (AvgIpc) is 2.68. The number of hydrogen-bond donors (Lipinski definition) is 0. The van der Waals surface area contributed by atoms with Gasteiger partial charge in [-0.05, 0) is 43.9 Å². The molecule has 1 aromatic heterocycles. The van der Waals surface area contributed by atoms with Crippen LogP contribution in [-0.2, 0) is 6.42 Å². The van der Waals surface area contributed by atoms with E-state index in [1.807, 2.05) is 19.1 Å². The molecule has 0 radical (unpaired) electrons. The van der Waals surface area contributed by atoms with Gasteiger partial charge in [-0.2, -0.15) is 4.98 Å². The number of aryl methyl sites for hydroxylation is 2. The molecule has 0 aliphatic carbocycles. The van der Waals surface area contributed by atoms with E-state index in [1.54, 1.807) is 6.07 Å². The highest BCUT2D eigenvalue weighted by Gasteiger charge is 2.07. The van der Waals surface area contributed by atoms with E-state index in [2.05, 4.69) is 35.3 Å². The minimum Gasteiger partial charge on any atom is -0.450 e. The van der Waals surface area contributed by atoms with Crippen LogP contribution in [0.1, 0.15) is 49.7 Å². The molecule has 0 atom stereocenters. The van der Waals surface area contributed by atoms with Crippen LogP contribution in [-0.4, -0.2) is 11.6 Å². The summed E-state index contributed by atoms with van der Waals surface area (Å²) in [5.41, 5.74) is 2.65. The van der Waals surface area contributed by atoms with Crippen molar-refractivity contribution in [3.8, 4) is 6.08 Å². The number of ether oxygens (including phenoxy) is 1. The topological polar surface area (TPSA) is 52.3 Å². The maximum Gasteiger partial charge on any atom is 0.397 e. The molecule has 142 valence electrons. The molecule has 0 aliphatic heterocycles. The summed E-state index contributed by atoms with van der Waals surface area (Å²) in [5, 5.41) is 0.498. The predicted molar refractivity (Wildman–Crippen MR) is 108 cm³/mol. The van der Waals surface area contributed by atoms with Crippen molar-refractivity contribution in [2.24, 2.45) is 0 Å². The second-order valence-corrected chi connectivity index (χ2v) is 6.99. The molecule has 3 rings (SSSR count). The maximum atomic E-state index is 12.0. The smallest absolute Gasteiger partial charge is 0.397 e. The molecule has 4 nitrogen and oxygen atoms in total. The lowest BCUT2D eigenvalue weighted by molar-refractivity contribution is 0.211. The van der Waals surface area contributed by atoms with E-state index in [1.165, 1.54) is 31.2 Å². The van der Waals surface area contributed by atoms with Crippen molar-refractivity contribution in [3.63, 3.8) is 0 Å². The Balaban J connectivity index is 1.31. The molecule has 0 unspecified atom stereocenters. The number of unbranched alkanes of at least 4 members (excludes halogenated alkanes) is 5. The zero-order valence-corrected chi connectivity index (χ0v) is 15.9. The first-order valence-corrected chi connectivity index (χ1v) is 9.80. The summed E-state index contributed by atoms with van der Waals surface area (Å²) >= 11 is 0. The van der Waals surface area contributed by atoms with Crippen LogP contribution < -0.4 is 10.4 Å². The van der Waals surface area contributed by atoms with Gasteiger partial charge in [0.05, 0.1) is 17.5 Å². The van der Waals surface area contributed by atoms with Gasteiger partial charge in [0.25, 0.3) is 0 Å². The van der Waals surface area contributed by atoms with E-state index >= 15 is 0 Å². The SMILES string of the molecule is Cc1ccc2nc(OCCCCCCCCc3ccccc3)oc(=O)c2c1. The lowest BCUT2D eigenvalue weighted by Gasteiger charge is -2.05. The zero-order valence-electron chi connectivity index (χ0n) is 15.9. The summed E-state index contributed by atoms with van der Waals surface area (Å²) in [6.45, 7) is 2.46. The Morgan fingerprint density at radius 2 is 1.67 bits per heavy atom. The molecule has 0 spiro atoms. The summed E-state index contributed by atoms with van der Waals surface area (Å²) < 4.78 is 10.7. The quantitative estimate of drug-likeness (QED) is 0.448. The van der Waals surface area contributed by atoms with Gasteiger partial charge in [-0.15, -0.1) is 0 Å². The standard InChI is InChI=1S/C23H27NO3/c1-18-14-15-21-20(17-18)22(25)27-23(24-21)26-16-10-5-3-2-4-7-11-19-12-8-6-9-13-19/h6,8-9,12-15,17H,2-5,7,10-11,16H2,1H3. The van der Waals surface area contributed by atoms with Crippen LogP contribution in [0, 0.1) is 6.92 Å². The molecule has 0 amide bonds. The third-order valence-electron chi connectivity index (χ3n) is 4.69. The normalized spacial score (nSPS) is 11.0. The summed E-state index contributed by atoms with van der Waals surface area (Å²) in [7, 11) is 0. The van der Waals surface area contributed by atoms with Crippen molar-refractivity contribution in [3.05, 3.63) is 70.1 Å². The zero-order chi connectivity index (χ0) is 18.9. The van der Waals surface area contributed by atoms with Crippen molar-refractivity contribution in [2.75, 3.05) is 6.61 Å². The molecule has 0 N–H and O–H groups in total. The molecule has 3 aromatic rings. The van der Waals surface area contributed by atoms with Crippen molar-refractivity contribution >= 4 is 10.9 Å². The molecule has 2 aromatic carbocycles. The highest BCUT2D eigenvalue weighted by atomic mass is 16.6. The molecule has 0 saturated carbocycles. The fraction of sp³-hybridized carbons (Fsp3) is 0.391. The van der Waals surface area contributed by atoms with Gasteiger partial charge < -0.3 is 9.15 Å². The Bertz CT molecular complexity index is 902. The number of hydrogen-bond acceptors (Lipinski definition) is 4. The summed E-state index contributed by atoms with van der Waals surface area (Å²) in [6.07, 6.45) is 8.23. The highest BCUT2D eigenvalue weighted by Crippen LogP contribution is 2.15. The van der Waals surface area contributed by atoms with Crippen LogP contribution in [0.25, 0.3) is 10.9 Å². The number of nitrogens with zero attached hydrogens (tertiary/aromatic N) is 1. The molecule has 1 heterocycles. The first-order valence-electron chi connectivity index (χ1n) is 9.80. The fourth-order valence-corrected chi connectivity index (χ4v) is 3.17. The van der Waals surface area contributed by atoms with Crippen LogP contribution >= 0.6 is 0 Å². The summed E-state index contributed by atoms with van der Waals surface area (Å²) in [6, 6.07) is 16.2. The van der Waals surface area contributed by atoms with Crippen LogP contribution in [0.2, 0.25) is 0 Å². The molecular formula is C23H27NO3. The third kappa shape index (κ3) is 5.95. The van der Waals surface area contributed by atoms with E-state index in [-0.39, 0.29) is 6.08 Å². The van der Waals surface area contributed by atoms with Gasteiger partial charge in [0.15, 0.2) is 0 Å². The average molecular weight is 365 g/mol. The molecule has 4 heteroatoms. The second-order valence-electron chi connectivity index (χ2n) is 6.99. The summed E-state index contributed by atoms with van der Waals surface area (Å²) in [5.74, 6) is 0. The fourth-order valence-electron chi connectivity index (χ4n) is 3.17. The minimum atomic E-state index is -0.392. The third-order valence-corrected chi connectivity index (χ3v) is 4.69. The summed E-state index contributed by atoms with van der Waals surface area (Å²) in [4.78, 5) is 16.3. The molecule has 0 bridgehead atoms. The van der Waals surface area contributed by atoms with E-state index in [9.17, 15) is 4.79 Å². The van der Waals surface area contributed by atoms with Gasteiger partial charge in [0.2, 0.25) is 0 Å². The molecule has 0 saturated heterocycles. The highest BCUT2D eigenvalue weighted by molar-refractivity contribution is 5.77. The Labute approximate surface area is 160 Å². The maximum absolute atomic E-state index is 12.0. The van der Waals surface area contributed by atoms with Crippen molar-refractivity contribution in [1.82, 2.24) is 4.98 Å². The van der Waals surface area contributed by atoms with Crippen LogP contribution in [0.4, 0.5) is 0 Å². The number of rotatable bonds is 10. The minimum absolute atomic E-state index is 0.0687. The monoisotopic (exact) mass is 365 g/mol. The van der Waals surface area contributed by atoms with Crippen LogP contribution in [0.15, 0.2) is 57.7 Å². The molecule has 27 heavy (non-hydrogen) atoms. The molecular weight excluding hydrogens is 338 g/mol. The number of fused-ring (bicyclic) bond motifs is 1. The first-order chi connectivity index (χ1) is 13.2. The van der Waals surface area contributed by atoms with E-state index in [4.69, 9.17) is 9.15 Å². The molecule has 0 fully saturated rings. The van der Waals surface area contributed by atoms with Gasteiger partial charge >= 0.3 is 11.7 Å². The van der Waals surface area contributed by atoms with Gasteiger partial charge in [-0.1, -0.05) is 67.6 Å². The predicted octanol–water partition coefficient (Wildman–Crippen LogP) is 5.46. The lowest BCUT2D eigenvalue weighted by atomic mass is 10.1. The van der Waals surface area contributed by atoms with Gasteiger partial charge in [0, 0.05) is 0 Å². The van der Waals surface area contributed by atoms with Crippen molar-refractivity contribution in [2.45, 2.75) is 51.9 Å². The largest absolute Gasteiger partial charge is 0.450 e. The van der Waals surface area contributed by atoms with E-state index < -0.39 is 5.63 Å². The van der Waals surface area contributed by atoms with E-state index in [0.717, 1.165) is 24.8 Å². The van der Waals surface area contributed by atoms with Gasteiger partial charge in [-0.25, -0.2) is 4.79 Å². The first kappa shape index (κ1) is 19.2. The van der Waals surface area contributed by atoms with Crippen molar-refractivity contribution < 1.29 is 9.15 Å². The van der Waals surface area contributed by atoms with Crippen molar-refractivity contribution in [1.29, 1.82) is 0 Å². The Hall–Kier alpha value is -2.62. The number of aromatic nitrogens is 1. The Kier molecular flexibility index (Phi) is 7.03. The van der Waals surface area contributed by atoms with Gasteiger partial charge in [0.1, 0.15) is 0 Å². The Morgan fingerprint density at radius 3 is 2.48 bits per heavy atom. The van der Waals surface area contributed by atoms with E-state index in [0.29, 0.717) is 17.5 Å². The van der Waals surface area contributed by atoms with Crippen LogP contribution in [0.5, 0.6) is 6.08 Å². The lowest BCUT2D eigenvalue weighted by Crippen LogP contribution is -2.06. The molecule has 0 aliphatic rings. The Morgan fingerprint density at radius 1 is 0.926 bits per heavy atom. The second kappa shape index (κ2) is 9.91.